The maximum atomic E-state index is 12.3. The van der Waals surface area contributed by atoms with E-state index >= 15 is 0 Å². The lowest BCUT2D eigenvalue weighted by Gasteiger charge is -2.09. The molecule has 3 rings (SSSR count). The number of benzene rings is 1. The number of hydrogen-bond donors (Lipinski definition) is 1. The average molecular weight is 381 g/mol. The number of carbonyl (C=O) groups is 1. The molecule has 2 heterocycles. The zero-order valence-electron chi connectivity index (χ0n) is 13.2. The van der Waals surface area contributed by atoms with Crippen LogP contribution in [0.15, 0.2) is 29.3 Å². The number of ether oxygens (including phenoxy) is 1. The van der Waals surface area contributed by atoms with Gasteiger partial charge in [-0.05, 0) is 31.2 Å². The number of nitrogens with zero attached hydrogens (tertiary/aromatic N) is 3. The fraction of sp³-hybridized carbons (Fsp3) is 0.333. The van der Waals surface area contributed by atoms with E-state index in [1.165, 1.54) is 23.1 Å². The fourth-order valence-corrected chi connectivity index (χ4v) is 4.80. The minimum atomic E-state index is -0.220. The second-order valence-corrected chi connectivity index (χ2v) is 8.54. The summed E-state index contributed by atoms with van der Waals surface area (Å²) in [5, 5.41) is 12.0. The Balaban J connectivity index is 1.61. The summed E-state index contributed by atoms with van der Waals surface area (Å²) in [5.41, 5.74) is 0.938. The Morgan fingerprint density at radius 3 is 2.79 bits per heavy atom. The van der Waals surface area contributed by atoms with E-state index in [-0.39, 0.29) is 11.2 Å². The van der Waals surface area contributed by atoms with Gasteiger partial charge in [-0.2, -0.15) is 0 Å². The highest BCUT2D eigenvalue weighted by Gasteiger charge is 2.20. The summed E-state index contributed by atoms with van der Waals surface area (Å²) in [7, 11) is 1.63. The number of aromatic nitrogens is 2. The molecule has 24 heavy (non-hydrogen) atoms. The van der Waals surface area contributed by atoms with Crippen LogP contribution in [0.3, 0.4) is 0 Å². The third-order valence-corrected chi connectivity index (χ3v) is 6.39. The molecule has 0 spiro atoms. The van der Waals surface area contributed by atoms with E-state index < -0.39 is 0 Å². The molecule has 9 heteroatoms. The minimum Gasteiger partial charge on any atom is -0.497 e. The van der Waals surface area contributed by atoms with Crippen LogP contribution in [0.5, 0.6) is 5.75 Å². The number of anilines is 1. The molecule has 0 aliphatic carbocycles. The van der Waals surface area contributed by atoms with Crippen molar-refractivity contribution in [2.75, 3.05) is 24.7 Å². The molecule has 126 valence electrons. The lowest BCUT2D eigenvalue weighted by Crippen LogP contribution is -2.23. The molecule has 2 aromatic rings. The van der Waals surface area contributed by atoms with Gasteiger partial charge in [0.2, 0.25) is 11.0 Å². The van der Waals surface area contributed by atoms with Gasteiger partial charge in [0.25, 0.3) is 0 Å². The van der Waals surface area contributed by atoms with Crippen molar-refractivity contribution in [3.05, 3.63) is 24.3 Å². The highest BCUT2D eigenvalue weighted by Crippen LogP contribution is 2.29. The lowest BCUT2D eigenvalue weighted by molar-refractivity contribution is -0.115. The molecule has 6 nitrogen and oxygen atoms in total. The predicted molar refractivity (Wildman–Crippen MR) is 102 cm³/mol. The molecule has 1 unspecified atom stereocenters. The van der Waals surface area contributed by atoms with Crippen LogP contribution < -0.4 is 10.1 Å². The second-order valence-electron chi connectivity index (χ2n) is 4.89. The van der Waals surface area contributed by atoms with Crippen molar-refractivity contribution in [1.29, 1.82) is 0 Å². The Morgan fingerprint density at radius 2 is 2.12 bits per heavy atom. The first-order valence-corrected chi connectivity index (χ1v) is 9.96. The molecule has 1 aliphatic heterocycles. The molecular weight excluding hydrogens is 364 g/mol. The largest absolute Gasteiger partial charge is 0.497 e. The topological polar surface area (TPSA) is 76.5 Å². The Bertz CT molecular complexity index is 745. The molecule has 1 N–H and O–H groups in total. The van der Waals surface area contributed by atoms with Crippen molar-refractivity contribution in [1.82, 2.24) is 10.2 Å². The third kappa shape index (κ3) is 4.28. The summed E-state index contributed by atoms with van der Waals surface area (Å²) in [6.07, 6.45) is 0. The van der Waals surface area contributed by atoms with Crippen LogP contribution in [0.25, 0.3) is 10.6 Å². The van der Waals surface area contributed by atoms with Crippen LogP contribution in [0.1, 0.15) is 6.92 Å². The van der Waals surface area contributed by atoms with E-state index in [9.17, 15) is 4.79 Å². The number of nitrogens with one attached hydrogen (secondary N) is 1. The van der Waals surface area contributed by atoms with E-state index in [2.05, 4.69) is 20.5 Å². The molecule has 1 amide bonds. The smallest absolute Gasteiger partial charge is 0.239 e. The lowest BCUT2D eigenvalue weighted by atomic mass is 10.2. The standard InChI is InChI=1S/C15H16N4O2S3/c1-9(23-15-16-7-8-22-15)12(20)17-14-19-18-13(24-14)10-3-5-11(21-2)6-4-10/h3-6,9H,7-8H2,1-2H3,(H,17,19,20). The Labute approximate surface area is 152 Å². The van der Waals surface area contributed by atoms with Gasteiger partial charge in [-0.25, -0.2) is 0 Å². The Morgan fingerprint density at radius 1 is 1.33 bits per heavy atom. The van der Waals surface area contributed by atoms with Gasteiger partial charge in [0.15, 0.2) is 0 Å². The zero-order chi connectivity index (χ0) is 16.9. The van der Waals surface area contributed by atoms with Gasteiger partial charge in [-0.15, -0.1) is 10.2 Å². The van der Waals surface area contributed by atoms with Crippen molar-refractivity contribution < 1.29 is 9.53 Å². The number of rotatable bonds is 5. The highest BCUT2D eigenvalue weighted by atomic mass is 32.2. The highest BCUT2D eigenvalue weighted by molar-refractivity contribution is 8.39. The molecule has 0 radical (unpaired) electrons. The van der Waals surface area contributed by atoms with Gasteiger partial charge in [0.1, 0.15) is 15.1 Å². The van der Waals surface area contributed by atoms with Gasteiger partial charge in [0, 0.05) is 11.3 Å². The van der Waals surface area contributed by atoms with E-state index in [1.54, 1.807) is 18.9 Å². The molecule has 0 bridgehead atoms. The number of amides is 1. The molecule has 1 aromatic heterocycles. The average Bonchev–Trinajstić information content (AvgIpc) is 3.27. The zero-order valence-corrected chi connectivity index (χ0v) is 15.6. The predicted octanol–water partition coefficient (Wildman–Crippen LogP) is 3.38. The first-order chi connectivity index (χ1) is 11.7. The summed E-state index contributed by atoms with van der Waals surface area (Å²) in [4.78, 5) is 16.6. The van der Waals surface area contributed by atoms with Crippen LogP contribution >= 0.6 is 34.9 Å². The van der Waals surface area contributed by atoms with Gasteiger partial charge in [-0.3, -0.25) is 15.1 Å². The van der Waals surface area contributed by atoms with E-state index in [1.807, 2.05) is 31.2 Å². The normalized spacial score (nSPS) is 15.0. The molecule has 0 fully saturated rings. The maximum Gasteiger partial charge on any atom is 0.239 e. The number of hydrogen-bond acceptors (Lipinski definition) is 8. The fourth-order valence-electron chi connectivity index (χ4n) is 1.92. The number of thioether (sulfide) groups is 2. The number of aliphatic imine (C=N–C) groups is 1. The van der Waals surface area contributed by atoms with Crippen LogP contribution in [-0.4, -0.2) is 45.1 Å². The quantitative estimate of drug-likeness (QED) is 0.857. The molecule has 1 atom stereocenters. The molecular formula is C15H16N4O2S3. The van der Waals surface area contributed by atoms with Crippen LogP contribution in [0.4, 0.5) is 5.13 Å². The summed E-state index contributed by atoms with van der Waals surface area (Å²) >= 11 is 4.53. The number of carbonyl (C=O) groups excluding carboxylic acids is 1. The molecule has 1 aliphatic rings. The first-order valence-electron chi connectivity index (χ1n) is 7.28. The van der Waals surface area contributed by atoms with Gasteiger partial charge in [0.05, 0.1) is 18.9 Å². The maximum absolute atomic E-state index is 12.3. The van der Waals surface area contributed by atoms with Crippen molar-refractivity contribution in [3.63, 3.8) is 0 Å². The van der Waals surface area contributed by atoms with Crippen molar-refractivity contribution in [2.24, 2.45) is 4.99 Å². The molecule has 1 aromatic carbocycles. The molecule has 0 saturated carbocycles. The van der Waals surface area contributed by atoms with Crippen molar-refractivity contribution in [2.45, 2.75) is 12.2 Å². The minimum absolute atomic E-state index is 0.0902. The van der Waals surface area contributed by atoms with Crippen LogP contribution in [-0.2, 0) is 4.79 Å². The van der Waals surface area contributed by atoms with E-state index in [0.717, 1.165) is 33.0 Å². The monoisotopic (exact) mass is 380 g/mol. The van der Waals surface area contributed by atoms with Gasteiger partial charge in [-0.1, -0.05) is 34.9 Å². The third-order valence-electron chi connectivity index (χ3n) is 3.20. The summed E-state index contributed by atoms with van der Waals surface area (Å²) in [6.45, 7) is 2.70. The summed E-state index contributed by atoms with van der Waals surface area (Å²) in [5.74, 6) is 1.70. The SMILES string of the molecule is COc1ccc(-c2nnc(NC(=O)C(C)SC3=NCCS3)s2)cc1. The van der Waals surface area contributed by atoms with Gasteiger partial charge < -0.3 is 4.74 Å². The van der Waals surface area contributed by atoms with Crippen molar-refractivity contribution in [3.8, 4) is 16.3 Å². The Hall–Kier alpha value is -1.58. The van der Waals surface area contributed by atoms with E-state index in [4.69, 9.17) is 4.74 Å². The Kier molecular flexibility index (Phi) is 5.75. The molecule has 0 saturated heterocycles. The van der Waals surface area contributed by atoms with E-state index in [0.29, 0.717) is 5.13 Å². The summed E-state index contributed by atoms with van der Waals surface area (Å²) < 4.78 is 6.12. The first kappa shape index (κ1) is 17.2. The van der Waals surface area contributed by atoms with Crippen LogP contribution in [0.2, 0.25) is 0 Å². The summed E-state index contributed by atoms with van der Waals surface area (Å²) in [6, 6.07) is 7.57. The number of methoxy groups -OCH3 is 1. The second kappa shape index (κ2) is 8.00. The van der Waals surface area contributed by atoms with Crippen LogP contribution in [0, 0.1) is 0 Å². The van der Waals surface area contributed by atoms with Crippen molar-refractivity contribution >= 4 is 50.3 Å². The van der Waals surface area contributed by atoms with Gasteiger partial charge >= 0.3 is 0 Å².